The summed E-state index contributed by atoms with van der Waals surface area (Å²) in [6, 6.07) is 24.2. The van der Waals surface area contributed by atoms with Gasteiger partial charge in [0.2, 0.25) is 5.91 Å². The highest BCUT2D eigenvalue weighted by Gasteiger charge is 2.07. The highest BCUT2D eigenvalue weighted by atomic mass is 32.2. The number of nitrogens with one attached hydrogen (secondary N) is 2. The predicted molar refractivity (Wildman–Crippen MR) is 120 cm³/mol. The Morgan fingerprint density at radius 2 is 1.40 bits per heavy atom. The molecule has 0 radical (unpaired) electrons. The number of alkyl halides is 1. The van der Waals surface area contributed by atoms with Gasteiger partial charge in [0.15, 0.2) is 0 Å². The fourth-order valence-corrected chi connectivity index (χ4v) is 3.74. The average Bonchev–Trinajstić information content (AvgIpc) is 2.75. The summed E-state index contributed by atoms with van der Waals surface area (Å²) < 4.78 is 12.2. The van der Waals surface area contributed by atoms with Crippen LogP contribution in [0.25, 0.3) is 0 Å². The molecule has 0 aliphatic carbocycles. The molecule has 0 aliphatic rings. The molecule has 0 unspecified atom stereocenters. The van der Waals surface area contributed by atoms with Gasteiger partial charge in [-0.05, 0) is 61.4 Å². The van der Waals surface area contributed by atoms with Crippen LogP contribution in [0.1, 0.15) is 29.6 Å². The van der Waals surface area contributed by atoms with Crippen molar-refractivity contribution in [2.45, 2.75) is 29.1 Å². The lowest BCUT2D eigenvalue weighted by molar-refractivity contribution is -0.116. The summed E-state index contributed by atoms with van der Waals surface area (Å²) in [6.07, 6.45) is 1.25. The van der Waals surface area contributed by atoms with Crippen molar-refractivity contribution >= 4 is 35.0 Å². The molecule has 0 spiro atoms. The van der Waals surface area contributed by atoms with E-state index in [9.17, 15) is 14.0 Å². The van der Waals surface area contributed by atoms with Crippen LogP contribution in [-0.2, 0) is 4.79 Å². The van der Waals surface area contributed by atoms with Crippen LogP contribution < -0.4 is 10.6 Å². The van der Waals surface area contributed by atoms with E-state index < -0.39 is 6.67 Å². The van der Waals surface area contributed by atoms with Gasteiger partial charge in [-0.1, -0.05) is 42.1 Å². The lowest BCUT2D eigenvalue weighted by atomic mass is 10.2. The van der Waals surface area contributed by atoms with E-state index in [4.69, 9.17) is 0 Å². The van der Waals surface area contributed by atoms with Crippen LogP contribution in [0.5, 0.6) is 0 Å². The topological polar surface area (TPSA) is 58.2 Å². The second-order valence-electron chi connectivity index (χ2n) is 6.67. The molecule has 0 saturated heterocycles. The number of carbonyl (C=O) groups excluding carboxylic acids is 2. The second-order valence-corrected chi connectivity index (χ2v) is 7.82. The Morgan fingerprint density at radius 1 is 0.767 bits per heavy atom. The average molecular weight is 423 g/mol. The van der Waals surface area contributed by atoms with Crippen molar-refractivity contribution < 1.29 is 14.0 Å². The number of anilines is 2. The summed E-state index contributed by atoms with van der Waals surface area (Å²) in [5.74, 6) is -0.272. The van der Waals surface area contributed by atoms with Crippen LogP contribution in [0.4, 0.5) is 15.8 Å². The zero-order valence-electron chi connectivity index (χ0n) is 16.4. The van der Waals surface area contributed by atoms with Gasteiger partial charge in [0.1, 0.15) is 0 Å². The fourth-order valence-electron chi connectivity index (χ4n) is 2.81. The van der Waals surface area contributed by atoms with E-state index in [0.29, 0.717) is 36.2 Å². The fraction of sp³-hybridized carbons (Fsp3) is 0.167. The Labute approximate surface area is 179 Å². The molecule has 3 aromatic rings. The first-order valence-electron chi connectivity index (χ1n) is 9.74. The van der Waals surface area contributed by atoms with Crippen molar-refractivity contribution in [3.63, 3.8) is 0 Å². The van der Waals surface area contributed by atoms with Crippen LogP contribution in [0, 0.1) is 0 Å². The van der Waals surface area contributed by atoms with Crippen molar-refractivity contribution in [3.8, 4) is 0 Å². The van der Waals surface area contributed by atoms with Crippen LogP contribution in [-0.4, -0.2) is 18.5 Å². The predicted octanol–water partition coefficient (Wildman–Crippen LogP) is 6.17. The minimum absolute atomic E-state index is 0.115. The Balaban J connectivity index is 1.62. The van der Waals surface area contributed by atoms with E-state index in [1.54, 1.807) is 12.1 Å². The summed E-state index contributed by atoms with van der Waals surface area (Å²) >= 11 is 1.54. The Kier molecular flexibility index (Phi) is 8.03. The number of hydrogen-bond acceptors (Lipinski definition) is 3. The maximum Gasteiger partial charge on any atom is 0.255 e. The summed E-state index contributed by atoms with van der Waals surface area (Å²) in [5.41, 5.74) is 2.02. The van der Waals surface area contributed by atoms with Gasteiger partial charge in [0.25, 0.3) is 5.91 Å². The molecule has 6 heteroatoms. The van der Waals surface area contributed by atoms with E-state index in [-0.39, 0.29) is 11.8 Å². The van der Waals surface area contributed by atoms with Crippen LogP contribution >= 0.6 is 11.8 Å². The number of carbonyl (C=O) groups is 2. The van der Waals surface area contributed by atoms with Crippen molar-refractivity contribution in [1.29, 1.82) is 0 Å². The second kappa shape index (κ2) is 11.2. The van der Waals surface area contributed by atoms with E-state index in [0.717, 1.165) is 9.79 Å². The molecule has 154 valence electrons. The summed E-state index contributed by atoms with van der Waals surface area (Å²) in [5, 5.41) is 5.76. The molecule has 0 heterocycles. The molecule has 30 heavy (non-hydrogen) atoms. The van der Waals surface area contributed by atoms with E-state index >= 15 is 0 Å². The SMILES string of the molecule is O=C(CCCCF)Nc1cccc(Sc2cccc(NC(=O)c3ccccc3)c2)c1. The number of halogens is 1. The Hall–Kier alpha value is -3.12. The van der Waals surface area contributed by atoms with Crippen molar-refractivity contribution in [3.05, 3.63) is 84.4 Å². The molecule has 0 atom stereocenters. The normalized spacial score (nSPS) is 10.4. The number of amides is 2. The molecule has 4 nitrogen and oxygen atoms in total. The Morgan fingerprint density at radius 3 is 2.03 bits per heavy atom. The van der Waals surface area contributed by atoms with E-state index in [2.05, 4.69) is 10.6 Å². The minimum Gasteiger partial charge on any atom is -0.326 e. The lowest BCUT2D eigenvalue weighted by Crippen LogP contribution is -2.11. The third-order valence-corrected chi connectivity index (χ3v) is 5.25. The molecule has 2 amide bonds. The first-order valence-corrected chi connectivity index (χ1v) is 10.6. The molecule has 3 rings (SSSR count). The van der Waals surface area contributed by atoms with Gasteiger partial charge in [-0.2, -0.15) is 0 Å². The van der Waals surface area contributed by atoms with Gasteiger partial charge >= 0.3 is 0 Å². The molecule has 0 aromatic heterocycles. The molecule has 0 saturated carbocycles. The number of rotatable bonds is 9. The monoisotopic (exact) mass is 422 g/mol. The lowest BCUT2D eigenvalue weighted by Gasteiger charge is -2.09. The van der Waals surface area contributed by atoms with Crippen LogP contribution in [0.3, 0.4) is 0 Å². The van der Waals surface area contributed by atoms with Crippen molar-refractivity contribution in [2.75, 3.05) is 17.3 Å². The van der Waals surface area contributed by atoms with Gasteiger partial charge < -0.3 is 10.6 Å². The van der Waals surface area contributed by atoms with Gasteiger partial charge in [-0.15, -0.1) is 0 Å². The standard InChI is InChI=1S/C24H23FN2O2S/c25-15-5-4-14-23(28)26-19-10-6-12-21(16-19)30-22-13-7-11-20(17-22)27-24(29)18-8-2-1-3-9-18/h1-3,6-13,16-17H,4-5,14-15H2,(H,26,28)(H,27,29). The number of hydrogen-bond donors (Lipinski definition) is 2. The maximum atomic E-state index is 12.3. The third kappa shape index (κ3) is 6.74. The summed E-state index contributed by atoms with van der Waals surface area (Å²) in [7, 11) is 0. The molecular formula is C24H23FN2O2S. The quantitative estimate of drug-likeness (QED) is 0.406. The first kappa shape index (κ1) is 21.6. The molecule has 0 fully saturated rings. The summed E-state index contributed by atoms with van der Waals surface area (Å²) in [6.45, 7) is -0.399. The number of benzene rings is 3. The van der Waals surface area contributed by atoms with Crippen LogP contribution in [0.2, 0.25) is 0 Å². The first-order chi connectivity index (χ1) is 14.6. The summed E-state index contributed by atoms with van der Waals surface area (Å²) in [4.78, 5) is 26.2. The zero-order chi connectivity index (χ0) is 21.2. The molecule has 0 bridgehead atoms. The zero-order valence-corrected chi connectivity index (χ0v) is 17.3. The van der Waals surface area contributed by atoms with Gasteiger partial charge in [-0.3, -0.25) is 14.0 Å². The van der Waals surface area contributed by atoms with Crippen molar-refractivity contribution in [1.82, 2.24) is 0 Å². The van der Waals surface area contributed by atoms with Gasteiger partial charge in [-0.25, -0.2) is 0 Å². The van der Waals surface area contributed by atoms with Crippen LogP contribution in [0.15, 0.2) is 88.7 Å². The highest BCUT2D eigenvalue weighted by Crippen LogP contribution is 2.31. The maximum absolute atomic E-state index is 12.3. The molecule has 0 aliphatic heterocycles. The minimum atomic E-state index is -0.399. The van der Waals surface area contributed by atoms with E-state index in [1.807, 2.05) is 66.7 Å². The third-order valence-electron chi connectivity index (χ3n) is 4.27. The van der Waals surface area contributed by atoms with E-state index in [1.165, 1.54) is 11.8 Å². The van der Waals surface area contributed by atoms with Crippen molar-refractivity contribution in [2.24, 2.45) is 0 Å². The van der Waals surface area contributed by atoms with Gasteiger partial charge in [0, 0.05) is 33.2 Å². The van der Waals surface area contributed by atoms with Gasteiger partial charge in [0.05, 0.1) is 6.67 Å². The smallest absolute Gasteiger partial charge is 0.255 e. The molecule has 3 aromatic carbocycles. The highest BCUT2D eigenvalue weighted by molar-refractivity contribution is 7.99. The Bertz CT molecular complexity index is 995. The largest absolute Gasteiger partial charge is 0.326 e. The molecular weight excluding hydrogens is 399 g/mol. The molecule has 2 N–H and O–H groups in total. The number of unbranched alkanes of at least 4 members (excludes halogenated alkanes) is 1.